The molecule has 1 aromatic heterocycles. The Morgan fingerprint density at radius 2 is 2.00 bits per heavy atom. The van der Waals surface area contributed by atoms with Gasteiger partial charge in [0.05, 0.1) is 17.8 Å². The third-order valence-corrected chi connectivity index (χ3v) is 5.99. The first-order valence-electron chi connectivity index (χ1n) is 10.8. The monoisotopic (exact) mass is 425 g/mol. The molecule has 0 spiro atoms. The lowest BCUT2D eigenvalue weighted by Gasteiger charge is -2.31. The van der Waals surface area contributed by atoms with Gasteiger partial charge in [0, 0.05) is 44.4 Å². The highest BCUT2D eigenvalue weighted by Gasteiger charge is 2.27. The number of piperidine rings is 1. The summed E-state index contributed by atoms with van der Waals surface area (Å²) in [7, 11) is 0. The highest BCUT2D eigenvalue weighted by atomic mass is 19.1. The summed E-state index contributed by atoms with van der Waals surface area (Å²) >= 11 is 0. The molecule has 0 bridgehead atoms. The van der Waals surface area contributed by atoms with Gasteiger partial charge in [0.25, 0.3) is 0 Å². The molecule has 2 amide bonds. The Kier molecular flexibility index (Phi) is 6.34. The third-order valence-electron chi connectivity index (χ3n) is 5.99. The van der Waals surface area contributed by atoms with Crippen LogP contribution in [-0.4, -0.2) is 36.4 Å². The summed E-state index contributed by atoms with van der Waals surface area (Å²) in [5.41, 5.74) is 1.99. The van der Waals surface area contributed by atoms with Gasteiger partial charge in [0.15, 0.2) is 5.82 Å². The van der Waals surface area contributed by atoms with Crippen LogP contribution in [0.4, 0.5) is 21.6 Å². The van der Waals surface area contributed by atoms with Gasteiger partial charge in [-0.2, -0.15) is 0 Å². The van der Waals surface area contributed by atoms with Gasteiger partial charge in [0.2, 0.25) is 11.8 Å². The Balaban J connectivity index is 1.31. The Hall–Kier alpha value is -3.16. The lowest BCUT2D eigenvalue weighted by molar-refractivity contribution is -0.126. The summed E-state index contributed by atoms with van der Waals surface area (Å²) in [6.07, 6.45) is 3.98. The van der Waals surface area contributed by atoms with E-state index in [1.165, 1.54) is 12.3 Å². The number of amides is 2. The Morgan fingerprint density at radius 1 is 1.26 bits per heavy atom. The van der Waals surface area contributed by atoms with E-state index in [-0.39, 0.29) is 30.0 Å². The number of nitrogens with zero attached hydrogens (tertiary/aromatic N) is 2. The summed E-state index contributed by atoms with van der Waals surface area (Å²) in [5, 5.41) is 8.58. The van der Waals surface area contributed by atoms with Gasteiger partial charge in [-0.15, -0.1) is 0 Å². The first-order chi connectivity index (χ1) is 15.0. The van der Waals surface area contributed by atoms with Crippen molar-refractivity contribution >= 4 is 29.0 Å². The minimum atomic E-state index is -0.334. The van der Waals surface area contributed by atoms with E-state index in [1.54, 1.807) is 0 Å². The molecule has 8 heteroatoms. The smallest absolute Gasteiger partial charge is 0.225 e. The second-order valence-electron chi connectivity index (χ2n) is 8.44. The van der Waals surface area contributed by atoms with E-state index in [9.17, 15) is 14.0 Å². The molecule has 7 nitrogen and oxygen atoms in total. The minimum absolute atomic E-state index is 0.0872. The normalized spacial score (nSPS) is 19.2. The maximum Gasteiger partial charge on any atom is 0.225 e. The van der Waals surface area contributed by atoms with E-state index in [2.05, 4.69) is 32.8 Å². The van der Waals surface area contributed by atoms with E-state index in [0.29, 0.717) is 30.5 Å². The van der Waals surface area contributed by atoms with Crippen molar-refractivity contribution in [2.45, 2.75) is 32.7 Å². The fourth-order valence-electron chi connectivity index (χ4n) is 3.91. The van der Waals surface area contributed by atoms with Crippen LogP contribution in [0.1, 0.15) is 31.7 Å². The maximum atomic E-state index is 14.6. The van der Waals surface area contributed by atoms with Crippen molar-refractivity contribution in [3.05, 3.63) is 47.9 Å². The number of pyridine rings is 1. The molecule has 3 N–H and O–H groups in total. The van der Waals surface area contributed by atoms with Gasteiger partial charge in [-0.1, -0.05) is 19.1 Å². The summed E-state index contributed by atoms with van der Waals surface area (Å²) in [6, 6.07) is 8.90. The molecule has 164 valence electrons. The summed E-state index contributed by atoms with van der Waals surface area (Å²) in [5.74, 6) is 0.537. The van der Waals surface area contributed by atoms with Crippen molar-refractivity contribution in [3.63, 3.8) is 0 Å². The van der Waals surface area contributed by atoms with Crippen LogP contribution < -0.4 is 20.9 Å². The quantitative estimate of drug-likeness (QED) is 0.663. The average molecular weight is 426 g/mol. The lowest BCUT2D eigenvalue weighted by Crippen LogP contribution is -2.33. The largest absolute Gasteiger partial charge is 0.357 e. The first kappa shape index (κ1) is 21.1. The summed E-state index contributed by atoms with van der Waals surface area (Å²) in [4.78, 5) is 29.9. The molecule has 2 aliphatic heterocycles. The number of carbonyl (C=O) groups is 2. The number of benzene rings is 1. The van der Waals surface area contributed by atoms with Gasteiger partial charge >= 0.3 is 0 Å². The molecule has 0 radical (unpaired) electrons. The van der Waals surface area contributed by atoms with Crippen molar-refractivity contribution in [2.75, 3.05) is 29.9 Å². The van der Waals surface area contributed by atoms with E-state index < -0.39 is 0 Å². The number of aromatic nitrogens is 1. The number of rotatable bonds is 6. The van der Waals surface area contributed by atoms with Crippen molar-refractivity contribution in [2.24, 2.45) is 11.8 Å². The number of nitrogens with one attached hydrogen (secondary N) is 3. The topological polar surface area (TPSA) is 86.4 Å². The van der Waals surface area contributed by atoms with Crippen molar-refractivity contribution in [1.29, 1.82) is 0 Å². The number of hydrogen-bond donors (Lipinski definition) is 3. The minimum Gasteiger partial charge on any atom is -0.357 e. The van der Waals surface area contributed by atoms with Gasteiger partial charge in [-0.3, -0.25) is 9.59 Å². The lowest BCUT2D eigenvalue weighted by atomic mass is 9.99. The van der Waals surface area contributed by atoms with E-state index in [0.717, 1.165) is 37.2 Å². The second-order valence-corrected chi connectivity index (χ2v) is 8.44. The second kappa shape index (κ2) is 9.32. The first-order valence-corrected chi connectivity index (χ1v) is 10.8. The standard InChI is InChI=1S/C23H28FN5O2/c1-15-6-8-29(9-7-15)21-11-19(24)20(14-25-21)28-18-4-2-16(3-5-18)12-27-23(31)17-10-22(30)26-13-17/h2-5,11,14-15,17,28H,6-10,12-13H2,1H3,(H,26,30)(H,27,31). The molecule has 1 unspecified atom stereocenters. The van der Waals surface area contributed by atoms with Crippen LogP contribution in [-0.2, 0) is 16.1 Å². The predicted octanol–water partition coefficient (Wildman–Crippen LogP) is 2.95. The van der Waals surface area contributed by atoms with Crippen LogP contribution in [0, 0.1) is 17.7 Å². The van der Waals surface area contributed by atoms with Gasteiger partial charge < -0.3 is 20.9 Å². The fraction of sp³-hybridized carbons (Fsp3) is 0.435. The number of halogens is 1. The molecule has 1 atom stereocenters. The zero-order valence-electron chi connectivity index (χ0n) is 17.7. The van der Waals surface area contributed by atoms with Gasteiger partial charge in [-0.05, 0) is 36.5 Å². The number of anilines is 3. The highest BCUT2D eigenvalue weighted by Crippen LogP contribution is 2.26. The Labute approximate surface area is 181 Å². The molecule has 31 heavy (non-hydrogen) atoms. The van der Waals surface area contributed by atoms with E-state index >= 15 is 0 Å². The summed E-state index contributed by atoms with van der Waals surface area (Å²) in [6.45, 7) is 4.83. The molecule has 2 fully saturated rings. The molecule has 3 heterocycles. The molecule has 2 aliphatic rings. The van der Waals surface area contributed by atoms with Crippen molar-refractivity contribution < 1.29 is 14.0 Å². The number of hydrogen-bond acceptors (Lipinski definition) is 5. The predicted molar refractivity (Wildman–Crippen MR) is 117 cm³/mol. The number of carbonyl (C=O) groups excluding carboxylic acids is 2. The van der Waals surface area contributed by atoms with E-state index in [1.807, 2.05) is 24.3 Å². The van der Waals surface area contributed by atoms with Gasteiger partial charge in [-0.25, -0.2) is 9.37 Å². The van der Waals surface area contributed by atoms with Crippen LogP contribution in [0.15, 0.2) is 36.5 Å². The summed E-state index contributed by atoms with van der Waals surface area (Å²) < 4.78 is 14.6. The van der Waals surface area contributed by atoms with Crippen LogP contribution in [0.25, 0.3) is 0 Å². The zero-order valence-corrected chi connectivity index (χ0v) is 17.7. The molecule has 1 aromatic carbocycles. The van der Waals surface area contributed by atoms with Crippen LogP contribution in [0.5, 0.6) is 0 Å². The molecule has 4 rings (SSSR count). The SMILES string of the molecule is CC1CCN(c2cc(F)c(Nc3ccc(CNC(=O)C4CNC(=O)C4)cc3)cn2)CC1. The average Bonchev–Trinajstić information content (AvgIpc) is 3.21. The zero-order chi connectivity index (χ0) is 21.8. The molecule has 2 saturated heterocycles. The molecular weight excluding hydrogens is 397 g/mol. The van der Waals surface area contributed by atoms with Gasteiger partial charge in [0.1, 0.15) is 5.82 Å². The Bertz CT molecular complexity index is 941. The van der Waals surface area contributed by atoms with Crippen molar-refractivity contribution in [3.8, 4) is 0 Å². The van der Waals surface area contributed by atoms with Crippen LogP contribution >= 0.6 is 0 Å². The highest BCUT2D eigenvalue weighted by molar-refractivity contribution is 5.89. The third kappa shape index (κ3) is 5.31. The van der Waals surface area contributed by atoms with Crippen LogP contribution in [0.3, 0.4) is 0 Å². The maximum absolute atomic E-state index is 14.6. The van der Waals surface area contributed by atoms with Crippen molar-refractivity contribution in [1.82, 2.24) is 15.6 Å². The van der Waals surface area contributed by atoms with E-state index in [4.69, 9.17) is 0 Å². The molecule has 0 aliphatic carbocycles. The fourth-order valence-corrected chi connectivity index (χ4v) is 3.91. The molecule has 0 saturated carbocycles. The van der Waals surface area contributed by atoms with Crippen LogP contribution in [0.2, 0.25) is 0 Å². The Morgan fingerprint density at radius 3 is 2.65 bits per heavy atom. The molecular formula is C23H28FN5O2. The molecule has 2 aromatic rings.